The lowest BCUT2D eigenvalue weighted by atomic mass is 10.2. The molecule has 0 aromatic heterocycles. The van der Waals surface area contributed by atoms with Crippen molar-refractivity contribution < 1.29 is 24.5 Å². The van der Waals surface area contributed by atoms with Gasteiger partial charge in [0, 0.05) is 23.3 Å². The smallest absolute Gasteiger partial charge is 0.271 e. The molecule has 3 N–H and O–H groups in total. The highest BCUT2D eigenvalue weighted by molar-refractivity contribution is 5.96. The summed E-state index contributed by atoms with van der Waals surface area (Å²) in [4.78, 5) is 12.1. The highest BCUT2D eigenvalue weighted by Crippen LogP contribution is 2.23. The van der Waals surface area contributed by atoms with Crippen LogP contribution in [0.3, 0.4) is 0 Å². The van der Waals surface area contributed by atoms with Gasteiger partial charge in [-0.05, 0) is 24.3 Å². The molecule has 2 aromatic carbocycles. The zero-order chi connectivity index (χ0) is 16.8. The first-order chi connectivity index (χ1) is 11.0. The van der Waals surface area contributed by atoms with Crippen LogP contribution in [-0.4, -0.2) is 36.6 Å². The molecule has 2 rings (SSSR count). The van der Waals surface area contributed by atoms with E-state index in [1.54, 1.807) is 18.2 Å². The van der Waals surface area contributed by atoms with E-state index in [1.165, 1.54) is 38.6 Å². The van der Waals surface area contributed by atoms with Crippen LogP contribution in [0.15, 0.2) is 41.5 Å². The second-order valence-corrected chi connectivity index (χ2v) is 4.54. The van der Waals surface area contributed by atoms with Crippen molar-refractivity contribution >= 4 is 12.1 Å². The SMILES string of the molecule is COc1cc(OC)cc(C(=O)N/N=C/c2ccc(O)cc2O)c1. The van der Waals surface area contributed by atoms with Crippen LogP contribution >= 0.6 is 0 Å². The van der Waals surface area contributed by atoms with Crippen molar-refractivity contribution in [3.63, 3.8) is 0 Å². The normalized spacial score (nSPS) is 10.5. The number of nitrogens with one attached hydrogen (secondary N) is 1. The van der Waals surface area contributed by atoms with Gasteiger partial charge in [0.25, 0.3) is 5.91 Å². The lowest BCUT2D eigenvalue weighted by Crippen LogP contribution is -2.17. The van der Waals surface area contributed by atoms with Crippen LogP contribution in [0.5, 0.6) is 23.0 Å². The molecule has 0 bridgehead atoms. The minimum atomic E-state index is -0.461. The fourth-order valence-corrected chi connectivity index (χ4v) is 1.80. The van der Waals surface area contributed by atoms with Gasteiger partial charge in [-0.2, -0.15) is 5.10 Å². The molecular formula is C16H16N2O5. The molecule has 1 amide bonds. The third-order valence-corrected chi connectivity index (χ3v) is 3.00. The zero-order valence-corrected chi connectivity index (χ0v) is 12.6. The summed E-state index contributed by atoms with van der Waals surface area (Å²) in [5.41, 5.74) is 3.00. The van der Waals surface area contributed by atoms with Crippen LogP contribution < -0.4 is 14.9 Å². The molecule has 0 unspecified atom stereocenters. The van der Waals surface area contributed by atoms with Gasteiger partial charge in [0.1, 0.15) is 23.0 Å². The highest BCUT2D eigenvalue weighted by Gasteiger charge is 2.09. The van der Waals surface area contributed by atoms with Gasteiger partial charge in [0.15, 0.2) is 0 Å². The van der Waals surface area contributed by atoms with Crippen molar-refractivity contribution in [2.24, 2.45) is 5.10 Å². The number of hydrogen-bond acceptors (Lipinski definition) is 6. The topological polar surface area (TPSA) is 100 Å². The average molecular weight is 316 g/mol. The van der Waals surface area contributed by atoms with E-state index in [0.29, 0.717) is 22.6 Å². The molecule has 0 aliphatic rings. The van der Waals surface area contributed by atoms with Gasteiger partial charge in [0.2, 0.25) is 0 Å². The van der Waals surface area contributed by atoms with E-state index >= 15 is 0 Å². The van der Waals surface area contributed by atoms with Crippen molar-refractivity contribution in [1.82, 2.24) is 5.43 Å². The highest BCUT2D eigenvalue weighted by atomic mass is 16.5. The number of amides is 1. The van der Waals surface area contributed by atoms with E-state index < -0.39 is 5.91 Å². The Morgan fingerprint density at radius 2 is 1.74 bits per heavy atom. The second kappa shape index (κ2) is 7.17. The number of ether oxygens (including phenoxy) is 2. The number of carbonyl (C=O) groups excluding carboxylic acids is 1. The number of phenolic OH excluding ortho intramolecular Hbond substituents is 2. The Morgan fingerprint density at radius 1 is 1.09 bits per heavy atom. The maximum atomic E-state index is 12.1. The van der Waals surface area contributed by atoms with Crippen molar-refractivity contribution in [3.05, 3.63) is 47.5 Å². The molecule has 0 aliphatic carbocycles. The summed E-state index contributed by atoms with van der Waals surface area (Å²) in [5, 5.41) is 22.6. The van der Waals surface area contributed by atoms with Crippen LogP contribution in [-0.2, 0) is 0 Å². The molecule has 0 spiro atoms. The summed E-state index contributed by atoms with van der Waals surface area (Å²) in [6.45, 7) is 0. The monoisotopic (exact) mass is 316 g/mol. The Bertz CT molecular complexity index is 721. The number of rotatable bonds is 5. The van der Waals surface area contributed by atoms with Gasteiger partial charge < -0.3 is 19.7 Å². The minimum Gasteiger partial charge on any atom is -0.508 e. The number of benzene rings is 2. The summed E-state index contributed by atoms with van der Waals surface area (Å²) in [5.74, 6) is 0.291. The molecule has 23 heavy (non-hydrogen) atoms. The largest absolute Gasteiger partial charge is 0.508 e. The van der Waals surface area contributed by atoms with Crippen LogP contribution in [0.4, 0.5) is 0 Å². The lowest BCUT2D eigenvalue weighted by Gasteiger charge is -2.07. The first-order valence-corrected chi connectivity index (χ1v) is 6.62. The Labute approximate surface area is 132 Å². The van der Waals surface area contributed by atoms with E-state index in [4.69, 9.17) is 9.47 Å². The summed E-state index contributed by atoms with van der Waals surface area (Å²) in [6, 6.07) is 8.78. The van der Waals surface area contributed by atoms with Crippen molar-refractivity contribution in [3.8, 4) is 23.0 Å². The molecular weight excluding hydrogens is 300 g/mol. The first kappa shape index (κ1) is 16.2. The fraction of sp³-hybridized carbons (Fsp3) is 0.125. The summed E-state index contributed by atoms with van der Waals surface area (Å²) in [7, 11) is 2.98. The Hall–Kier alpha value is -3.22. The van der Waals surface area contributed by atoms with Gasteiger partial charge in [-0.25, -0.2) is 5.43 Å². The van der Waals surface area contributed by atoms with Crippen molar-refractivity contribution in [2.45, 2.75) is 0 Å². The van der Waals surface area contributed by atoms with Gasteiger partial charge in [-0.1, -0.05) is 0 Å². The van der Waals surface area contributed by atoms with E-state index in [0.717, 1.165) is 0 Å². The van der Waals surface area contributed by atoms with Crippen LogP contribution in [0, 0.1) is 0 Å². The molecule has 120 valence electrons. The van der Waals surface area contributed by atoms with Crippen LogP contribution in [0.1, 0.15) is 15.9 Å². The Kier molecular flexibility index (Phi) is 5.03. The fourth-order valence-electron chi connectivity index (χ4n) is 1.80. The molecule has 7 nitrogen and oxygen atoms in total. The zero-order valence-electron chi connectivity index (χ0n) is 12.6. The van der Waals surface area contributed by atoms with E-state index in [2.05, 4.69) is 10.5 Å². The summed E-state index contributed by atoms with van der Waals surface area (Å²) < 4.78 is 10.2. The van der Waals surface area contributed by atoms with Gasteiger partial charge >= 0.3 is 0 Å². The molecule has 0 atom stereocenters. The third kappa shape index (κ3) is 4.13. The second-order valence-electron chi connectivity index (χ2n) is 4.54. The number of nitrogens with zero attached hydrogens (tertiary/aromatic N) is 1. The third-order valence-electron chi connectivity index (χ3n) is 3.00. The molecule has 7 heteroatoms. The molecule has 0 fully saturated rings. The Balaban J connectivity index is 2.11. The van der Waals surface area contributed by atoms with Gasteiger partial charge in [-0.3, -0.25) is 4.79 Å². The van der Waals surface area contributed by atoms with Crippen molar-refractivity contribution in [2.75, 3.05) is 14.2 Å². The quantitative estimate of drug-likeness (QED) is 0.577. The maximum absolute atomic E-state index is 12.1. The molecule has 0 saturated carbocycles. The predicted octanol–water partition coefficient (Wildman–Crippen LogP) is 1.88. The molecule has 0 heterocycles. The van der Waals surface area contributed by atoms with Crippen molar-refractivity contribution in [1.29, 1.82) is 0 Å². The molecule has 0 aliphatic heterocycles. The number of carbonyl (C=O) groups is 1. The Morgan fingerprint density at radius 3 is 2.30 bits per heavy atom. The van der Waals surface area contributed by atoms with Crippen LogP contribution in [0.25, 0.3) is 0 Å². The van der Waals surface area contributed by atoms with Gasteiger partial charge in [-0.15, -0.1) is 0 Å². The first-order valence-electron chi connectivity index (χ1n) is 6.62. The average Bonchev–Trinajstić information content (AvgIpc) is 2.56. The lowest BCUT2D eigenvalue weighted by molar-refractivity contribution is 0.0954. The number of methoxy groups -OCH3 is 2. The molecule has 2 aromatic rings. The standard InChI is InChI=1S/C16H16N2O5/c1-22-13-5-11(6-14(8-13)23-2)16(21)18-17-9-10-3-4-12(19)7-15(10)20/h3-9,19-20H,1-2H3,(H,18,21)/b17-9+. The number of aromatic hydroxyl groups is 2. The molecule has 0 radical (unpaired) electrons. The predicted molar refractivity (Wildman–Crippen MR) is 84.4 cm³/mol. The van der Waals surface area contributed by atoms with E-state index in [-0.39, 0.29) is 11.5 Å². The van der Waals surface area contributed by atoms with Gasteiger partial charge in [0.05, 0.1) is 20.4 Å². The summed E-state index contributed by atoms with van der Waals surface area (Å²) >= 11 is 0. The van der Waals surface area contributed by atoms with E-state index in [9.17, 15) is 15.0 Å². The molecule has 0 saturated heterocycles. The number of hydrazone groups is 1. The summed E-state index contributed by atoms with van der Waals surface area (Å²) in [6.07, 6.45) is 1.27. The van der Waals surface area contributed by atoms with Crippen LogP contribution in [0.2, 0.25) is 0 Å². The minimum absolute atomic E-state index is 0.0628. The maximum Gasteiger partial charge on any atom is 0.271 e. The number of hydrogen-bond donors (Lipinski definition) is 3. The van der Waals surface area contributed by atoms with E-state index in [1.807, 2.05) is 0 Å². The number of phenols is 2.